The molecule has 0 radical (unpaired) electrons. The zero-order chi connectivity index (χ0) is 12.7. The van der Waals surface area contributed by atoms with E-state index in [-0.39, 0.29) is 11.5 Å². The minimum absolute atomic E-state index is 0.171. The van der Waals surface area contributed by atoms with Gasteiger partial charge in [-0.15, -0.1) is 0 Å². The van der Waals surface area contributed by atoms with Gasteiger partial charge in [-0.2, -0.15) is 0 Å². The molecule has 98 valence electrons. The van der Waals surface area contributed by atoms with Crippen molar-refractivity contribution in [2.45, 2.75) is 58.1 Å². The number of carbonyl (C=O) groups is 1. The first-order chi connectivity index (χ1) is 7.80. The Labute approximate surface area is 103 Å². The molecule has 1 spiro atoms. The molecule has 1 aliphatic heterocycles. The number of hydrogen-bond donors (Lipinski definition) is 1. The van der Waals surface area contributed by atoms with E-state index in [1.165, 1.54) is 0 Å². The molecule has 1 saturated heterocycles. The Morgan fingerprint density at radius 2 is 2.12 bits per heavy atom. The van der Waals surface area contributed by atoms with Crippen LogP contribution in [0.2, 0.25) is 0 Å². The first kappa shape index (κ1) is 12.7. The number of ether oxygens (including phenoxy) is 1. The summed E-state index contributed by atoms with van der Waals surface area (Å²) in [7, 11) is 0. The molecule has 2 aliphatic rings. The van der Waals surface area contributed by atoms with Crippen molar-refractivity contribution in [3.05, 3.63) is 0 Å². The minimum atomic E-state index is -0.404. The monoisotopic (exact) mass is 240 g/mol. The summed E-state index contributed by atoms with van der Waals surface area (Å²) in [6.07, 6.45) is 4.23. The second-order valence-corrected chi connectivity index (χ2v) is 6.65. The lowest BCUT2D eigenvalue weighted by molar-refractivity contribution is 0.0273. The van der Waals surface area contributed by atoms with Crippen molar-refractivity contribution in [3.63, 3.8) is 0 Å². The van der Waals surface area contributed by atoms with E-state index in [1.807, 2.05) is 25.7 Å². The average molecular weight is 240 g/mol. The van der Waals surface area contributed by atoms with Crippen LogP contribution in [0.3, 0.4) is 0 Å². The number of carbonyl (C=O) groups excluding carboxylic acids is 1. The zero-order valence-electron chi connectivity index (χ0n) is 11.2. The molecule has 0 aromatic heterocycles. The van der Waals surface area contributed by atoms with E-state index in [9.17, 15) is 4.79 Å². The number of nitrogens with zero attached hydrogens (tertiary/aromatic N) is 1. The van der Waals surface area contributed by atoms with Crippen LogP contribution < -0.4 is 5.73 Å². The van der Waals surface area contributed by atoms with Crippen molar-refractivity contribution in [2.75, 3.05) is 13.1 Å². The third-order valence-corrected chi connectivity index (χ3v) is 3.83. The van der Waals surface area contributed by atoms with Crippen LogP contribution in [0.25, 0.3) is 0 Å². The van der Waals surface area contributed by atoms with Crippen LogP contribution in [-0.2, 0) is 4.74 Å². The summed E-state index contributed by atoms with van der Waals surface area (Å²) in [6.45, 7) is 7.36. The average Bonchev–Trinajstić information content (AvgIpc) is 2.72. The van der Waals surface area contributed by atoms with E-state index in [4.69, 9.17) is 10.5 Å². The summed E-state index contributed by atoms with van der Waals surface area (Å²) in [6, 6.07) is 0.327. The normalized spacial score (nSPS) is 33.4. The van der Waals surface area contributed by atoms with E-state index in [1.54, 1.807) is 0 Å². The molecule has 17 heavy (non-hydrogen) atoms. The molecule has 0 bridgehead atoms. The van der Waals surface area contributed by atoms with E-state index < -0.39 is 5.60 Å². The van der Waals surface area contributed by atoms with Gasteiger partial charge in [-0.3, -0.25) is 0 Å². The summed E-state index contributed by atoms with van der Waals surface area (Å²) >= 11 is 0. The van der Waals surface area contributed by atoms with Crippen molar-refractivity contribution < 1.29 is 9.53 Å². The van der Waals surface area contributed by atoms with Crippen molar-refractivity contribution in [2.24, 2.45) is 11.1 Å². The molecule has 2 N–H and O–H groups in total. The fraction of sp³-hybridized carbons (Fsp3) is 0.923. The van der Waals surface area contributed by atoms with Crippen molar-refractivity contribution in [1.29, 1.82) is 0 Å². The molecule has 0 aromatic carbocycles. The number of hydrogen-bond acceptors (Lipinski definition) is 3. The third-order valence-electron chi connectivity index (χ3n) is 3.83. The molecule has 2 fully saturated rings. The third kappa shape index (κ3) is 2.92. The summed E-state index contributed by atoms with van der Waals surface area (Å²) < 4.78 is 5.41. The second kappa shape index (κ2) is 4.16. The largest absolute Gasteiger partial charge is 0.444 e. The minimum Gasteiger partial charge on any atom is -0.444 e. The van der Waals surface area contributed by atoms with Crippen molar-refractivity contribution >= 4 is 6.09 Å². The topological polar surface area (TPSA) is 55.6 Å². The Kier molecular flexibility index (Phi) is 3.10. The van der Waals surface area contributed by atoms with Gasteiger partial charge < -0.3 is 15.4 Å². The van der Waals surface area contributed by atoms with Crippen LogP contribution in [0.1, 0.15) is 46.5 Å². The van der Waals surface area contributed by atoms with E-state index in [2.05, 4.69) is 0 Å². The lowest BCUT2D eigenvalue weighted by Gasteiger charge is -2.26. The molecule has 0 aromatic rings. The van der Waals surface area contributed by atoms with E-state index in [0.717, 1.165) is 38.8 Å². The molecule has 1 aliphatic carbocycles. The zero-order valence-corrected chi connectivity index (χ0v) is 11.2. The Hall–Kier alpha value is -0.770. The van der Waals surface area contributed by atoms with E-state index >= 15 is 0 Å². The number of rotatable bonds is 0. The molecule has 2 rings (SSSR count). The van der Waals surface area contributed by atoms with Gasteiger partial charge in [0.15, 0.2) is 0 Å². The Morgan fingerprint density at radius 1 is 1.41 bits per heavy atom. The van der Waals surface area contributed by atoms with Gasteiger partial charge in [0.05, 0.1) is 0 Å². The van der Waals surface area contributed by atoms with Gasteiger partial charge in [-0.1, -0.05) is 0 Å². The summed E-state index contributed by atoms with van der Waals surface area (Å²) in [5.41, 5.74) is 5.86. The highest BCUT2D eigenvalue weighted by molar-refractivity contribution is 5.68. The van der Waals surface area contributed by atoms with Gasteiger partial charge in [0.25, 0.3) is 0 Å². The van der Waals surface area contributed by atoms with Gasteiger partial charge in [-0.05, 0) is 51.9 Å². The van der Waals surface area contributed by atoms with E-state index in [0.29, 0.717) is 6.04 Å². The number of amides is 1. The maximum absolute atomic E-state index is 12.0. The molecule has 2 atom stereocenters. The Morgan fingerprint density at radius 3 is 2.65 bits per heavy atom. The van der Waals surface area contributed by atoms with Crippen LogP contribution in [0.15, 0.2) is 0 Å². The molecule has 4 nitrogen and oxygen atoms in total. The van der Waals surface area contributed by atoms with Crippen LogP contribution in [-0.4, -0.2) is 35.7 Å². The predicted molar refractivity (Wildman–Crippen MR) is 66.7 cm³/mol. The van der Waals surface area contributed by atoms with Crippen molar-refractivity contribution in [1.82, 2.24) is 4.90 Å². The molecule has 1 heterocycles. The molecule has 1 saturated carbocycles. The highest BCUT2D eigenvalue weighted by atomic mass is 16.6. The van der Waals surface area contributed by atoms with Gasteiger partial charge in [0.2, 0.25) is 0 Å². The highest BCUT2D eigenvalue weighted by Gasteiger charge is 2.45. The fourth-order valence-corrected chi connectivity index (χ4v) is 3.04. The first-order valence-electron chi connectivity index (χ1n) is 6.53. The van der Waals surface area contributed by atoms with Crippen LogP contribution in [0.5, 0.6) is 0 Å². The Bertz CT molecular complexity index is 311. The maximum Gasteiger partial charge on any atom is 0.410 e. The smallest absolute Gasteiger partial charge is 0.410 e. The summed E-state index contributed by atoms with van der Waals surface area (Å²) in [5, 5.41) is 0. The second-order valence-electron chi connectivity index (χ2n) is 6.65. The van der Waals surface area contributed by atoms with Gasteiger partial charge >= 0.3 is 6.09 Å². The number of nitrogens with two attached hydrogens (primary N) is 1. The van der Waals surface area contributed by atoms with Crippen LogP contribution in [0, 0.1) is 5.41 Å². The van der Waals surface area contributed by atoms with Crippen LogP contribution >= 0.6 is 0 Å². The predicted octanol–water partition coefficient (Wildman–Crippen LogP) is 2.12. The standard InChI is InChI=1S/C13H24N2O2/c1-12(2,3)17-11(16)15-7-6-13(9-15)5-4-10(14)8-13/h10H,4-9,14H2,1-3H3/t10-,13-/m1/s1. The lowest BCUT2D eigenvalue weighted by Crippen LogP contribution is -2.36. The van der Waals surface area contributed by atoms with Crippen molar-refractivity contribution in [3.8, 4) is 0 Å². The SMILES string of the molecule is CC(C)(C)OC(=O)N1CC[C@@]2(CC[C@@H](N)C2)C1. The first-order valence-corrected chi connectivity index (χ1v) is 6.53. The van der Waals surface area contributed by atoms with Crippen LogP contribution in [0.4, 0.5) is 4.79 Å². The van der Waals surface area contributed by atoms with Gasteiger partial charge in [0, 0.05) is 19.1 Å². The lowest BCUT2D eigenvalue weighted by atomic mass is 9.85. The Balaban J connectivity index is 1.92. The number of likely N-dealkylation sites (tertiary alicyclic amines) is 1. The molecule has 1 amide bonds. The summed E-state index contributed by atoms with van der Waals surface area (Å²) in [4.78, 5) is 13.8. The van der Waals surface area contributed by atoms with Gasteiger partial charge in [0.1, 0.15) is 5.60 Å². The maximum atomic E-state index is 12.0. The van der Waals surface area contributed by atoms with Gasteiger partial charge in [-0.25, -0.2) is 4.79 Å². The highest BCUT2D eigenvalue weighted by Crippen LogP contribution is 2.45. The molecular formula is C13H24N2O2. The fourth-order valence-electron chi connectivity index (χ4n) is 3.04. The summed E-state index contributed by atoms with van der Waals surface area (Å²) in [5.74, 6) is 0. The molecular weight excluding hydrogens is 216 g/mol. The molecule has 4 heteroatoms. The molecule has 0 unspecified atom stereocenters. The quantitative estimate of drug-likeness (QED) is 0.705.